The average molecular weight is 368 g/mol. The predicted molar refractivity (Wildman–Crippen MR) is 97.0 cm³/mol. The molecule has 8 heteroatoms. The number of nitrogens with one attached hydrogen (secondary N) is 1. The summed E-state index contributed by atoms with van der Waals surface area (Å²) in [6.45, 7) is 0.366. The highest BCUT2D eigenvalue weighted by atomic mass is 16.2. The normalized spacial score (nSPS) is 18.0. The van der Waals surface area contributed by atoms with Gasteiger partial charge in [-0.25, -0.2) is 0 Å². The Morgan fingerprint density at radius 3 is 2.41 bits per heavy atom. The van der Waals surface area contributed by atoms with Gasteiger partial charge in [-0.3, -0.25) is 24.5 Å². The molecule has 140 valence electrons. The molecule has 4 rings (SSSR count). The number of benzene rings is 1. The van der Waals surface area contributed by atoms with Gasteiger partial charge in [0.2, 0.25) is 11.8 Å². The van der Waals surface area contributed by atoms with Crippen LogP contribution in [-0.2, 0) is 16.6 Å². The first-order valence-corrected chi connectivity index (χ1v) is 8.68. The van der Waals surface area contributed by atoms with Crippen LogP contribution in [0, 0.1) is 5.41 Å². The molecule has 8 nitrogen and oxygen atoms in total. The summed E-state index contributed by atoms with van der Waals surface area (Å²) in [4.78, 5) is 52.5. The second-order valence-corrected chi connectivity index (χ2v) is 7.49. The third-order valence-electron chi connectivity index (χ3n) is 5.44. The predicted octanol–water partition coefficient (Wildman–Crippen LogP) is 0.369. The molecule has 0 saturated carbocycles. The second-order valence-electron chi connectivity index (χ2n) is 7.49. The lowest BCUT2D eigenvalue weighted by Gasteiger charge is -2.45. The van der Waals surface area contributed by atoms with Crippen molar-refractivity contribution in [2.45, 2.75) is 6.42 Å². The van der Waals surface area contributed by atoms with Crippen molar-refractivity contribution in [2.75, 3.05) is 27.2 Å². The Labute approximate surface area is 155 Å². The lowest BCUT2D eigenvalue weighted by atomic mass is 9.78. The minimum Gasteiger partial charge on any atom is -0.343 e. The molecule has 0 aliphatic carbocycles. The SMILES string of the molecule is CN(C)C(=O)c1c(C(=O)N2CC3(CC(=O)NC3=O)C2)c2ccccc2n1C. The van der Waals surface area contributed by atoms with Gasteiger partial charge in [0.1, 0.15) is 5.69 Å². The fraction of sp³-hybridized carbons (Fsp3) is 0.368. The highest BCUT2D eigenvalue weighted by molar-refractivity contribution is 6.16. The van der Waals surface area contributed by atoms with Crippen molar-refractivity contribution in [3.63, 3.8) is 0 Å². The van der Waals surface area contributed by atoms with Crippen molar-refractivity contribution in [3.8, 4) is 0 Å². The number of aromatic nitrogens is 1. The summed E-state index contributed by atoms with van der Waals surface area (Å²) >= 11 is 0. The number of imide groups is 1. The molecule has 2 saturated heterocycles. The fourth-order valence-corrected chi connectivity index (χ4v) is 4.00. The van der Waals surface area contributed by atoms with Crippen molar-refractivity contribution in [1.82, 2.24) is 19.7 Å². The zero-order valence-electron chi connectivity index (χ0n) is 15.4. The Morgan fingerprint density at radius 1 is 1.15 bits per heavy atom. The first-order valence-electron chi connectivity index (χ1n) is 8.68. The smallest absolute Gasteiger partial charge is 0.270 e. The molecule has 2 fully saturated rings. The van der Waals surface area contributed by atoms with E-state index in [0.29, 0.717) is 16.6 Å². The lowest BCUT2D eigenvalue weighted by Crippen LogP contribution is -2.61. The Bertz CT molecular complexity index is 1010. The van der Waals surface area contributed by atoms with E-state index in [4.69, 9.17) is 0 Å². The van der Waals surface area contributed by atoms with Crippen LogP contribution < -0.4 is 5.32 Å². The van der Waals surface area contributed by atoms with E-state index >= 15 is 0 Å². The monoisotopic (exact) mass is 368 g/mol. The first-order chi connectivity index (χ1) is 12.7. The molecule has 4 amide bonds. The zero-order chi connectivity index (χ0) is 19.5. The van der Waals surface area contributed by atoms with Crippen LogP contribution >= 0.6 is 0 Å². The molecule has 0 unspecified atom stereocenters. The minimum absolute atomic E-state index is 0.106. The summed E-state index contributed by atoms with van der Waals surface area (Å²) < 4.78 is 1.73. The van der Waals surface area contributed by atoms with E-state index in [0.717, 1.165) is 5.52 Å². The van der Waals surface area contributed by atoms with Crippen molar-refractivity contribution in [2.24, 2.45) is 12.5 Å². The van der Waals surface area contributed by atoms with Crippen molar-refractivity contribution < 1.29 is 19.2 Å². The van der Waals surface area contributed by atoms with E-state index in [1.165, 1.54) is 9.80 Å². The van der Waals surface area contributed by atoms with Gasteiger partial charge in [-0.2, -0.15) is 0 Å². The van der Waals surface area contributed by atoms with Gasteiger partial charge in [-0.1, -0.05) is 18.2 Å². The Balaban J connectivity index is 1.75. The van der Waals surface area contributed by atoms with Gasteiger partial charge in [-0.15, -0.1) is 0 Å². The number of nitrogens with zero attached hydrogens (tertiary/aromatic N) is 3. The molecule has 1 spiro atoms. The van der Waals surface area contributed by atoms with Crippen LogP contribution in [0.2, 0.25) is 0 Å². The molecular weight excluding hydrogens is 348 g/mol. The summed E-state index contributed by atoms with van der Waals surface area (Å²) in [7, 11) is 5.04. The summed E-state index contributed by atoms with van der Waals surface area (Å²) in [6.07, 6.45) is 0.106. The standard InChI is InChI=1S/C19H20N4O4/c1-21(2)17(26)15-14(11-6-4-5-7-12(11)22(15)3)16(25)23-9-19(10-23)8-13(24)20-18(19)27/h4-7H,8-10H2,1-3H3,(H,20,24,27). The van der Waals surface area contributed by atoms with Gasteiger partial charge >= 0.3 is 0 Å². The maximum Gasteiger partial charge on any atom is 0.270 e. The first kappa shape index (κ1) is 17.3. The number of carbonyl (C=O) groups excluding carboxylic acids is 4. The second kappa shape index (κ2) is 5.67. The maximum atomic E-state index is 13.3. The quantitative estimate of drug-likeness (QED) is 0.776. The van der Waals surface area contributed by atoms with Crippen LogP contribution in [0.5, 0.6) is 0 Å². The zero-order valence-corrected chi connectivity index (χ0v) is 15.4. The molecule has 1 aromatic heterocycles. The molecule has 2 aromatic rings. The van der Waals surface area contributed by atoms with Gasteiger partial charge in [0, 0.05) is 51.6 Å². The van der Waals surface area contributed by atoms with Crippen LogP contribution in [0.15, 0.2) is 24.3 Å². The summed E-state index contributed by atoms with van der Waals surface area (Å²) in [6, 6.07) is 7.35. The van der Waals surface area contributed by atoms with Crippen molar-refractivity contribution >= 4 is 34.5 Å². The van der Waals surface area contributed by atoms with Gasteiger partial charge < -0.3 is 14.4 Å². The highest BCUT2D eigenvalue weighted by Gasteiger charge is 2.56. The number of para-hydroxylation sites is 1. The van der Waals surface area contributed by atoms with Gasteiger partial charge in [-0.05, 0) is 6.07 Å². The molecule has 0 bridgehead atoms. The van der Waals surface area contributed by atoms with E-state index in [1.807, 2.05) is 24.3 Å². The number of amides is 4. The van der Waals surface area contributed by atoms with E-state index in [1.54, 1.807) is 25.7 Å². The van der Waals surface area contributed by atoms with Crippen LogP contribution in [0.1, 0.15) is 27.3 Å². The van der Waals surface area contributed by atoms with Crippen molar-refractivity contribution in [3.05, 3.63) is 35.5 Å². The summed E-state index contributed by atoms with van der Waals surface area (Å²) in [5.41, 5.74) is 0.629. The minimum atomic E-state index is -0.816. The number of hydrogen-bond acceptors (Lipinski definition) is 4. The van der Waals surface area contributed by atoms with Crippen LogP contribution in [0.3, 0.4) is 0 Å². The molecule has 27 heavy (non-hydrogen) atoms. The number of carbonyl (C=O) groups is 4. The molecule has 3 heterocycles. The molecule has 0 atom stereocenters. The van der Waals surface area contributed by atoms with Crippen LogP contribution in [0.25, 0.3) is 10.9 Å². The van der Waals surface area contributed by atoms with E-state index in [9.17, 15) is 19.2 Å². The van der Waals surface area contributed by atoms with Crippen molar-refractivity contribution in [1.29, 1.82) is 0 Å². The third kappa shape index (κ3) is 2.36. The average Bonchev–Trinajstić information content (AvgIpc) is 3.06. The third-order valence-corrected chi connectivity index (χ3v) is 5.44. The Morgan fingerprint density at radius 2 is 1.81 bits per heavy atom. The molecule has 2 aliphatic rings. The number of hydrogen-bond donors (Lipinski definition) is 1. The summed E-state index contributed by atoms with van der Waals surface area (Å²) in [5, 5.41) is 3.00. The Kier molecular flexibility index (Phi) is 3.62. The van der Waals surface area contributed by atoms with E-state index in [-0.39, 0.29) is 43.1 Å². The van der Waals surface area contributed by atoms with E-state index in [2.05, 4.69) is 5.32 Å². The van der Waals surface area contributed by atoms with E-state index < -0.39 is 5.41 Å². The number of rotatable bonds is 2. The molecule has 2 aliphatic heterocycles. The number of aryl methyl sites for hydroxylation is 1. The molecule has 1 aromatic carbocycles. The topological polar surface area (TPSA) is 91.7 Å². The summed E-state index contributed by atoms with van der Waals surface area (Å²) in [5.74, 6) is -1.18. The maximum absolute atomic E-state index is 13.3. The lowest BCUT2D eigenvalue weighted by molar-refractivity contribution is -0.134. The molecular formula is C19H20N4O4. The Hall–Kier alpha value is -3.16. The highest BCUT2D eigenvalue weighted by Crippen LogP contribution is 2.39. The van der Waals surface area contributed by atoms with Gasteiger partial charge in [0.15, 0.2) is 0 Å². The fourth-order valence-electron chi connectivity index (χ4n) is 4.00. The molecule has 0 radical (unpaired) electrons. The van der Waals surface area contributed by atoms with Crippen LogP contribution in [-0.4, -0.2) is 65.2 Å². The van der Waals surface area contributed by atoms with Gasteiger partial charge in [0.25, 0.3) is 11.8 Å². The number of likely N-dealkylation sites (tertiary alicyclic amines) is 1. The number of fused-ring (bicyclic) bond motifs is 1. The molecule has 1 N–H and O–H groups in total. The van der Waals surface area contributed by atoms with Gasteiger partial charge in [0.05, 0.1) is 11.0 Å². The van der Waals surface area contributed by atoms with Crippen LogP contribution in [0.4, 0.5) is 0 Å². The largest absolute Gasteiger partial charge is 0.343 e.